The van der Waals surface area contributed by atoms with Gasteiger partial charge < -0.3 is 10.6 Å². The van der Waals surface area contributed by atoms with Crippen LogP contribution in [-0.2, 0) is 4.79 Å². The van der Waals surface area contributed by atoms with E-state index in [1.54, 1.807) is 18.2 Å². The smallest absolute Gasteiger partial charge is 0.252 e. The Kier molecular flexibility index (Phi) is 5.43. The van der Waals surface area contributed by atoms with Gasteiger partial charge in [-0.3, -0.25) is 9.59 Å². The number of halogens is 1. The first kappa shape index (κ1) is 16.0. The number of carbonyl (C=O) groups is 2. The van der Waals surface area contributed by atoms with Crippen molar-refractivity contribution in [2.45, 2.75) is 31.2 Å². The van der Waals surface area contributed by atoms with E-state index in [1.165, 1.54) is 0 Å². The number of hydrogen-bond acceptors (Lipinski definition) is 3. The second-order valence-corrected chi connectivity index (χ2v) is 6.52. The quantitative estimate of drug-likeness (QED) is 0.737. The molecule has 6 heteroatoms. The number of carbonyl (C=O) groups excluding carboxylic acids is 2. The summed E-state index contributed by atoms with van der Waals surface area (Å²) in [6.45, 7) is 5.59. The van der Waals surface area contributed by atoms with E-state index < -0.39 is 0 Å². The molecule has 1 aromatic carbocycles. The number of thiol groups is 1. The number of hydrogen-bond donors (Lipinski definition) is 3. The molecule has 2 amide bonds. The third-order valence-electron chi connectivity index (χ3n) is 2.12. The fourth-order valence-electron chi connectivity index (χ4n) is 1.41. The summed E-state index contributed by atoms with van der Waals surface area (Å²) < 4.78 is 0.666. The average molecular weight is 345 g/mol. The Hall–Kier alpha value is -1.01. The molecule has 19 heavy (non-hydrogen) atoms. The van der Waals surface area contributed by atoms with Crippen LogP contribution in [0, 0.1) is 0 Å². The fourth-order valence-corrected chi connectivity index (χ4v) is 2.04. The van der Waals surface area contributed by atoms with Crippen molar-refractivity contribution >= 4 is 40.4 Å². The molecule has 1 rings (SSSR count). The van der Waals surface area contributed by atoms with Crippen LogP contribution in [0.3, 0.4) is 0 Å². The molecule has 0 atom stereocenters. The molecule has 0 aliphatic rings. The van der Waals surface area contributed by atoms with Gasteiger partial charge in [0, 0.05) is 14.9 Å². The Bertz CT molecular complexity index is 498. The van der Waals surface area contributed by atoms with Gasteiger partial charge in [-0.2, -0.15) is 0 Å². The van der Waals surface area contributed by atoms with Crippen molar-refractivity contribution in [2.75, 3.05) is 6.54 Å². The van der Waals surface area contributed by atoms with Crippen LogP contribution in [0.5, 0.6) is 0 Å². The van der Waals surface area contributed by atoms with Crippen LogP contribution in [0.15, 0.2) is 27.6 Å². The highest BCUT2D eigenvalue weighted by Gasteiger charge is 2.15. The van der Waals surface area contributed by atoms with Crippen LogP contribution >= 0.6 is 28.6 Å². The average Bonchev–Trinajstić information content (AvgIpc) is 2.27. The zero-order chi connectivity index (χ0) is 14.6. The van der Waals surface area contributed by atoms with Crippen molar-refractivity contribution in [3.8, 4) is 0 Å². The molecule has 0 saturated heterocycles. The van der Waals surface area contributed by atoms with Crippen LogP contribution in [0.4, 0.5) is 0 Å². The van der Waals surface area contributed by atoms with Gasteiger partial charge in [-0.15, -0.1) is 12.6 Å². The summed E-state index contributed by atoms with van der Waals surface area (Å²) >= 11 is 7.47. The van der Waals surface area contributed by atoms with E-state index in [9.17, 15) is 9.59 Å². The Morgan fingerprint density at radius 1 is 1.32 bits per heavy atom. The number of amides is 2. The SMILES string of the molecule is CC(C)(C)NC(=O)CNC(=O)c1cc(S)ccc1Br. The highest BCUT2D eigenvalue weighted by Crippen LogP contribution is 2.19. The van der Waals surface area contributed by atoms with E-state index in [2.05, 4.69) is 39.2 Å². The van der Waals surface area contributed by atoms with E-state index in [-0.39, 0.29) is 23.9 Å². The Morgan fingerprint density at radius 3 is 2.53 bits per heavy atom. The lowest BCUT2D eigenvalue weighted by atomic mass is 10.1. The van der Waals surface area contributed by atoms with E-state index in [0.717, 1.165) is 0 Å². The van der Waals surface area contributed by atoms with Gasteiger partial charge in [0.2, 0.25) is 5.91 Å². The zero-order valence-electron chi connectivity index (χ0n) is 11.1. The second-order valence-electron chi connectivity index (χ2n) is 5.15. The number of nitrogens with one attached hydrogen (secondary N) is 2. The second kappa shape index (κ2) is 6.43. The molecule has 0 fully saturated rings. The van der Waals surface area contributed by atoms with E-state index in [1.807, 2.05) is 20.8 Å². The highest BCUT2D eigenvalue weighted by atomic mass is 79.9. The molecule has 0 bridgehead atoms. The van der Waals surface area contributed by atoms with Crippen LogP contribution < -0.4 is 10.6 Å². The van der Waals surface area contributed by atoms with Crippen LogP contribution in [0.1, 0.15) is 31.1 Å². The molecule has 0 unspecified atom stereocenters. The highest BCUT2D eigenvalue weighted by molar-refractivity contribution is 9.10. The van der Waals surface area contributed by atoms with Crippen molar-refractivity contribution in [1.82, 2.24) is 10.6 Å². The predicted molar refractivity (Wildman–Crippen MR) is 81.6 cm³/mol. The van der Waals surface area contributed by atoms with E-state index in [0.29, 0.717) is 14.9 Å². The molecule has 104 valence electrons. The summed E-state index contributed by atoms with van der Waals surface area (Å²) in [6.07, 6.45) is 0. The number of rotatable bonds is 3. The Balaban J connectivity index is 2.61. The van der Waals surface area contributed by atoms with Gasteiger partial charge >= 0.3 is 0 Å². The minimum atomic E-state index is -0.313. The molecule has 0 aromatic heterocycles. The van der Waals surface area contributed by atoms with Gasteiger partial charge in [0.15, 0.2) is 0 Å². The summed E-state index contributed by atoms with van der Waals surface area (Å²) in [5.41, 5.74) is 0.143. The van der Waals surface area contributed by atoms with Crippen molar-refractivity contribution in [3.05, 3.63) is 28.2 Å². The minimum Gasteiger partial charge on any atom is -0.350 e. The van der Waals surface area contributed by atoms with Crippen molar-refractivity contribution in [3.63, 3.8) is 0 Å². The normalized spacial score (nSPS) is 11.0. The molecule has 0 radical (unpaired) electrons. The summed E-state index contributed by atoms with van der Waals surface area (Å²) in [4.78, 5) is 24.2. The minimum absolute atomic E-state index is 0.0562. The summed E-state index contributed by atoms with van der Waals surface area (Å²) in [5, 5.41) is 5.35. The van der Waals surface area contributed by atoms with Crippen LogP contribution in [-0.4, -0.2) is 23.9 Å². The van der Waals surface area contributed by atoms with Gasteiger partial charge in [0.25, 0.3) is 5.91 Å². The molecule has 1 aromatic rings. The first-order chi connectivity index (χ1) is 8.69. The van der Waals surface area contributed by atoms with Crippen molar-refractivity contribution < 1.29 is 9.59 Å². The monoisotopic (exact) mass is 344 g/mol. The zero-order valence-corrected chi connectivity index (χ0v) is 13.6. The standard InChI is InChI=1S/C13H17BrN2O2S/c1-13(2,3)16-11(17)7-15-12(18)9-6-8(19)4-5-10(9)14/h4-6,19H,7H2,1-3H3,(H,15,18)(H,16,17). The van der Waals surface area contributed by atoms with Crippen LogP contribution in [0.2, 0.25) is 0 Å². The van der Waals surface area contributed by atoms with E-state index >= 15 is 0 Å². The third kappa shape index (κ3) is 5.65. The molecule has 0 saturated carbocycles. The van der Waals surface area contributed by atoms with Gasteiger partial charge in [0.1, 0.15) is 0 Å². The lowest BCUT2D eigenvalue weighted by Crippen LogP contribution is -2.45. The molecule has 0 aliphatic heterocycles. The molecule has 2 N–H and O–H groups in total. The maximum Gasteiger partial charge on any atom is 0.252 e. The predicted octanol–water partition coefficient (Wildman–Crippen LogP) is 2.38. The number of benzene rings is 1. The van der Waals surface area contributed by atoms with Crippen molar-refractivity contribution in [2.24, 2.45) is 0 Å². The first-order valence-electron chi connectivity index (χ1n) is 5.77. The molecule has 0 aliphatic carbocycles. The van der Waals surface area contributed by atoms with E-state index in [4.69, 9.17) is 0 Å². The molecular formula is C13H17BrN2O2S. The van der Waals surface area contributed by atoms with Gasteiger partial charge in [0.05, 0.1) is 12.1 Å². The molecule has 4 nitrogen and oxygen atoms in total. The molecule has 0 heterocycles. The topological polar surface area (TPSA) is 58.2 Å². The summed E-state index contributed by atoms with van der Waals surface area (Å²) in [6, 6.07) is 5.16. The molecular weight excluding hydrogens is 328 g/mol. The van der Waals surface area contributed by atoms with Crippen LogP contribution in [0.25, 0.3) is 0 Å². The van der Waals surface area contributed by atoms with Gasteiger partial charge in [-0.1, -0.05) is 0 Å². The maximum atomic E-state index is 11.9. The lowest BCUT2D eigenvalue weighted by Gasteiger charge is -2.20. The van der Waals surface area contributed by atoms with Crippen molar-refractivity contribution in [1.29, 1.82) is 0 Å². The Morgan fingerprint density at radius 2 is 1.95 bits per heavy atom. The summed E-state index contributed by atoms with van der Waals surface area (Å²) in [5.74, 6) is -0.536. The summed E-state index contributed by atoms with van der Waals surface area (Å²) in [7, 11) is 0. The Labute approximate surface area is 126 Å². The molecule has 0 spiro atoms. The van der Waals surface area contributed by atoms with Gasteiger partial charge in [-0.25, -0.2) is 0 Å². The largest absolute Gasteiger partial charge is 0.350 e. The first-order valence-corrected chi connectivity index (χ1v) is 7.01. The maximum absolute atomic E-state index is 11.9. The van der Waals surface area contributed by atoms with Gasteiger partial charge in [-0.05, 0) is 54.9 Å². The third-order valence-corrected chi connectivity index (χ3v) is 3.09. The fraction of sp³-hybridized carbons (Fsp3) is 0.385. The lowest BCUT2D eigenvalue weighted by molar-refractivity contribution is -0.121.